The van der Waals surface area contributed by atoms with Crippen LogP contribution in [-0.4, -0.2) is 0 Å². The molecule has 1 atom stereocenters. The molecule has 0 aliphatic rings. The lowest BCUT2D eigenvalue weighted by Gasteiger charge is -2.20. The fourth-order valence-electron chi connectivity index (χ4n) is 1.71. The fourth-order valence-corrected chi connectivity index (χ4v) is 1.71. The molecule has 0 heterocycles. The number of nitrogens with two attached hydrogens (primary N) is 1. The summed E-state index contributed by atoms with van der Waals surface area (Å²) in [5.74, 6) is 0. The number of hydrogen-bond donors (Lipinski definition) is 1. The smallest absolute Gasteiger partial charge is 0.0294 e. The third kappa shape index (κ3) is 4.15. The molecule has 2 N–H and O–H groups in total. The van der Waals surface area contributed by atoms with Crippen LogP contribution in [0.3, 0.4) is 0 Å². The number of halogens is 1. The quantitative estimate of drug-likeness (QED) is 0.843. The fraction of sp³-hybridized carbons (Fsp3) is 0.571. The molecule has 0 saturated carbocycles. The van der Waals surface area contributed by atoms with Crippen molar-refractivity contribution >= 4 is 12.4 Å². The lowest BCUT2D eigenvalue weighted by molar-refractivity contribution is 0.588. The molecular formula is C14H24ClN. The van der Waals surface area contributed by atoms with Gasteiger partial charge in [-0.05, 0) is 23.0 Å². The molecule has 16 heavy (non-hydrogen) atoms. The molecule has 1 nitrogen and oxygen atoms in total. The first-order valence-electron chi connectivity index (χ1n) is 5.81. The van der Waals surface area contributed by atoms with E-state index in [9.17, 15) is 0 Å². The molecule has 0 radical (unpaired) electrons. The van der Waals surface area contributed by atoms with E-state index in [4.69, 9.17) is 5.73 Å². The molecule has 92 valence electrons. The van der Waals surface area contributed by atoms with Crippen molar-refractivity contribution in [1.29, 1.82) is 0 Å². The van der Waals surface area contributed by atoms with Gasteiger partial charge in [-0.1, -0.05) is 58.4 Å². The third-order valence-electron chi connectivity index (χ3n) is 2.80. The number of hydrogen-bond acceptors (Lipinski definition) is 1. The largest absolute Gasteiger partial charge is 0.324 e. The Balaban J connectivity index is 0.00000225. The van der Waals surface area contributed by atoms with Gasteiger partial charge >= 0.3 is 0 Å². The van der Waals surface area contributed by atoms with Crippen molar-refractivity contribution in [2.24, 2.45) is 5.73 Å². The summed E-state index contributed by atoms with van der Waals surface area (Å²) in [6, 6.07) is 8.93. The van der Waals surface area contributed by atoms with Crippen LogP contribution in [0.2, 0.25) is 0 Å². The van der Waals surface area contributed by atoms with Gasteiger partial charge in [0.1, 0.15) is 0 Å². The van der Waals surface area contributed by atoms with Gasteiger partial charge in [-0.3, -0.25) is 0 Å². The molecule has 0 aliphatic heterocycles. The molecular weight excluding hydrogens is 218 g/mol. The topological polar surface area (TPSA) is 26.0 Å². The van der Waals surface area contributed by atoms with Crippen molar-refractivity contribution in [3.05, 3.63) is 35.4 Å². The van der Waals surface area contributed by atoms with Gasteiger partial charge < -0.3 is 5.73 Å². The van der Waals surface area contributed by atoms with Crippen LogP contribution in [0.4, 0.5) is 0 Å². The predicted octanol–water partition coefficient (Wildman–Crippen LogP) is 4.21. The minimum atomic E-state index is 0. The average molecular weight is 242 g/mol. The van der Waals surface area contributed by atoms with Crippen molar-refractivity contribution < 1.29 is 0 Å². The second-order valence-corrected chi connectivity index (χ2v) is 5.27. The summed E-state index contributed by atoms with van der Waals surface area (Å²) < 4.78 is 0. The van der Waals surface area contributed by atoms with Crippen molar-refractivity contribution in [2.75, 3.05) is 0 Å². The zero-order valence-electron chi connectivity index (χ0n) is 10.8. The van der Waals surface area contributed by atoms with Crippen LogP contribution in [-0.2, 0) is 5.41 Å². The summed E-state index contributed by atoms with van der Waals surface area (Å²) in [7, 11) is 0. The molecule has 2 heteroatoms. The first-order chi connectivity index (χ1) is 6.95. The van der Waals surface area contributed by atoms with E-state index in [1.54, 1.807) is 0 Å². The highest BCUT2D eigenvalue weighted by atomic mass is 35.5. The Labute approximate surface area is 106 Å². The molecule has 1 rings (SSSR count). The number of rotatable bonds is 3. The van der Waals surface area contributed by atoms with Crippen molar-refractivity contribution in [3.63, 3.8) is 0 Å². The highest BCUT2D eigenvalue weighted by Crippen LogP contribution is 2.24. The summed E-state index contributed by atoms with van der Waals surface area (Å²) >= 11 is 0. The maximum atomic E-state index is 6.06. The normalized spacial score (nSPS) is 13.1. The van der Waals surface area contributed by atoms with Crippen LogP contribution >= 0.6 is 12.4 Å². The monoisotopic (exact) mass is 241 g/mol. The Hall–Kier alpha value is -0.530. The van der Waals surface area contributed by atoms with E-state index in [0.29, 0.717) is 0 Å². The minimum Gasteiger partial charge on any atom is -0.324 e. The van der Waals surface area contributed by atoms with E-state index in [-0.39, 0.29) is 23.9 Å². The molecule has 0 aliphatic carbocycles. The average Bonchev–Trinajstić information content (AvgIpc) is 2.17. The van der Waals surface area contributed by atoms with Crippen LogP contribution < -0.4 is 5.73 Å². The SMILES string of the molecule is CCCC(N)c1ccc(C(C)(C)C)cc1.Cl. The molecule has 1 aromatic carbocycles. The van der Waals surface area contributed by atoms with Gasteiger partial charge in [0.25, 0.3) is 0 Å². The molecule has 0 bridgehead atoms. The molecule has 0 saturated heterocycles. The zero-order chi connectivity index (χ0) is 11.5. The predicted molar refractivity (Wildman–Crippen MR) is 74.2 cm³/mol. The maximum Gasteiger partial charge on any atom is 0.0294 e. The Morgan fingerprint density at radius 2 is 1.62 bits per heavy atom. The summed E-state index contributed by atoms with van der Waals surface area (Å²) in [5.41, 5.74) is 8.92. The van der Waals surface area contributed by atoms with Crippen molar-refractivity contribution in [1.82, 2.24) is 0 Å². The van der Waals surface area contributed by atoms with Gasteiger partial charge in [-0.15, -0.1) is 12.4 Å². The molecule has 0 amide bonds. The Bertz CT molecular complexity index is 298. The van der Waals surface area contributed by atoms with Gasteiger partial charge in [-0.2, -0.15) is 0 Å². The van der Waals surface area contributed by atoms with Crippen LogP contribution in [0.15, 0.2) is 24.3 Å². The summed E-state index contributed by atoms with van der Waals surface area (Å²) in [5, 5.41) is 0. The van der Waals surface area contributed by atoms with Crippen molar-refractivity contribution in [2.45, 2.75) is 52.0 Å². The van der Waals surface area contributed by atoms with E-state index in [1.807, 2.05) is 0 Å². The van der Waals surface area contributed by atoms with Crippen LogP contribution in [0.1, 0.15) is 57.7 Å². The molecule has 0 fully saturated rings. The number of benzene rings is 1. The maximum absolute atomic E-state index is 6.06. The first-order valence-corrected chi connectivity index (χ1v) is 5.81. The molecule has 0 spiro atoms. The van der Waals surface area contributed by atoms with Crippen LogP contribution in [0.25, 0.3) is 0 Å². The Morgan fingerprint density at radius 3 is 2.00 bits per heavy atom. The van der Waals surface area contributed by atoms with Gasteiger partial charge in [0, 0.05) is 6.04 Å². The first kappa shape index (κ1) is 15.5. The van der Waals surface area contributed by atoms with Gasteiger partial charge in [-0.25, -0.2) is 0 Å². The van der Waals surface area contributed by atoms with E-state index >= 15 is 0 Å². The second kappa shape index (κ2) is 6.27. The minimum absolute atomic E-state index is 0. The van der Waals surface area contributed by atoms with Crippen molar-refractivity contribution in [3.8, 4) is 0 Å². The molecule has 1 unspecified atom stereocenters. The summed E-state index contributed by atoms with van der Waals surface area (Å²) in [6.45, 7) is 8.86. The summed E-state index contributed by atoms with van der Waals surface area (Å²) in [4.78, 5) is 0. The highest BCUT2D eigenvalue weighted by Gasteiger charge is 2.13. The van der Waals surface area contributed by atoms with Gasteiger partial charge in [0.15, 0.2) is 0 Å². The zero-order valence-corrected chi connectivity index (χ0v) is 11.6. The third-order valence-corrected chi connectivity index (χ3v) is 2.80. The summed E-state index contributed by atoms with van der Waals surface area (Å²) in [6.07, 6.45) is 2.21. The van der Waals surface area contributed by atoms with Crippen LogP contribution in [0, 0.1) is 0 Å². The van der Waals surface area contributed by atoms with Crippen LogP contribution in [0.5, 0.6) is 0 Å². The molecule has 0 aromatic heterocycles. The lowest BCUT2D eigenvalue weighted by atomic mass is 9.86. The van der Waals surface area contributed by atoms with E-state index in [0.717, 1.165) is 12.8 Å². The Morgan fingerprint density at radius 1 is 1.12 bits per heavy atom. The van der Waals surface area contributed by atoms with E-state index < -0.39 is 0 Å². The lowest BCUT2D eigenvalue weighted by Crippen LogP contribution is -2.13. The molecule has 1 aromatic rings. The standard InChI is InChI=1S/C14H23N.ClH/c1-5-6-13(15)11-7-9-12(10-8-11)14(2,3)4;/h7-10,13H,5-6,15H2,1-4H3;1H. The van der Waals surface area contributed by atoms with Gasteiger partial charge in [0.2, 0.25) is 0 Å². The van der Waals surface area contributed by atoms with E-state index in [2.05, 4.69) is 52.0 Å². The highest BCUT2D eigenvalue weighted by molar-refractivity contribution is 5.85. The van der Waals surface area contributed by atoms with Gasteiger partial charge in [0.05, 0.1) is 0 Å². The second-order valence-electron chi connectivity index (χ2n) is 5.27. The Kier molecular flexibility index (Phi) is 6.06. The van der Waals surface area contributed by atoms with E-state index in [1.165, 1.54) is 11.1 Å².